The Balaban J connectivity index is 2.36. The van der Waals surface area contributed by atoms with E-state index in [-0.39, 0.29) is 17.4 Å². The van der Waals surface area contributed by atoms with E-state index in [0.717, 1.165) is 0 Å². The van der Waals surface area contributed by atoms with Gasteiger partial charge in [-0.15, -0.1) is 0 Å². The maximum absolute atomic E-state index is 14.2. The minimum Gasteiger partial charge on any atom is -0.478 e. The molecule has 2 rings (SSSR count). The summed E-state index contributed by atoms with van der Waals surface area (Å²) < 4.78 is 19.1. The number of hydrogen-bond donors (Lipinski definition) is 1. The number of benzene rings is 1. The van der Waals surface area contributed by atoms with E-state index in [1.165, 1.54) is 19.3 Å². The summed E-state index contributed by atoms with van der Waals surface area (Å²) in [6, 6.07) is 5.18. The Morgan fingerprint density at radius 1 is 1.46 bits per heavy atom. The van der Waals surface area contributed by atoms with Crippen molar-refractivity contribution in [3.05, 3.63) is 47.3 Å². The summed E-state index contributed by atoms with van der Waals surface area (Å²) in [5.41, 5.74) is 0.952. The van der Waals surface area contributed by atoms with Gasteiger partial charge in [0.1, 0.15) is 11.9 Å². The highest BCUT2D eigenvalue weighted by Gasteiger charge is 2.35. The summed E-state index contributed by atoms with van der Waals surface area (Å²) in [5, 5.41) is 9.14. The number of hydrogen-bond acceptors (Lipinski definition) is 5. The number of esters is 1. The molecule has 0 bridgehead atoms. The van der Waals surface area contributed by atoms with Gasteiger partial charge in [0.15, 0.2) is 0 Å². The monoisotopic (exact) mass is 353 g/mol. The predicted octanol–water partition coefficient (Wildman–Crippen LogP) is 2.49. The van der Waals surface area contributed by atoms with Gasteiger partial charge in [-0.1, -0.05) is 18.2 Å². The van der Waals surface area contributed by atoms with Gasteiger partial charge in [0.05, 0.1) is 7.11 Å². The molecule has 0 aromatic heterocycles. The molecule has 0 radical (unpaired) electrons. The van der Waals surface area contributed by atoms with Crippen LogP contribution in [0.1, 0.15) is 18.0 Å². The van der Waals surface area contributed by atoms with Crippen LogP contribution in [0.2, 0.25) is 0 Å². The first kappa shape index (κ1) is 18.5. The van der Waals surface area contributed by atoms with Crippen LogP contribution in [0.25, 0.3) is 0 Å². The summed E-state index contributed by atoms with van der Waals surface area (Å²) >= 11 is 1.57. The van der Waals surface area contributed by atoms with Crippen molar-refractivity contribution in [1.29, 1.82) is 0 Å². The maximum atomic E-state index is 14.2. The van der Waals surface area contributed by atoms with Crippen LogP contribution < -0.4 is 0 Å². The fourth-order valence-corrected chi connectivity index (χ4v) is 3.74. The first-order valence-electron chi connectivity index (χ1n) is 7.50. The van der Waals surface area contributed by atoms with Crippen LogP contribution in [0.15, 0.2) is 35.9 Å². The third-order valence-electron chi connectivity index (χ3n) is 4.06. The number of likely N-dealkylation sites (tertiary alicyclic amines) is 1. The Kier molecular flexibility index (Phi) is 6.39. The van der Waals surface area contributed by atoms with Gasteiger partial charge < -0.3 is 9.84 Å². The number of nitrogens with zero attached hydrogens (tertiary/aromatic N) is 1. The summed E-state index contributed by atoms with van der Waals surface area (Å²) in [6.45, 7) is 0.836. The van der Waals surface area contributed by atoms with Crippen LogP contribution in [0, 0.1) is 5.82 Å². The molecule has 0 amide bonds. The molecule has 0 aliphatic carbocycles. The lowest BCUT2D eigenvalue weighted by atomic mass is 9.98. The van der Waals surface area contributed by atoms with Crippen LogP contribution in [0.5, 0.6) is 0 Å². The molecule has 1 heterocycles. The fraction of sp³-hybridized carbons (Fsp3) is 0.412. The number of thioether (sulfide) groups is 1. The molecule has 1 aromatic rings. The lowest BCUT2D eigenvalue weighted by Crippen LogP contribution is -2.43. The SMILES string of the molecule is COC(=O)[C@H](c1ccccc1F)N1CCC(SC)/C(=C\C(=O)O)C1. The van der Waals surface area contributed by atoms with Crippen LogP contribution in [0.3, 0.4) is 0 Å². The largest absolute Gasteiger partial charge is 0.478 e. The van der Waals surface area contributed by atoms with Gasteiger partial charge in [-0.3, -0.25) is 4.90 Å². The van der Waals surface area contributed by atoms with Gasteiger partial charge in [0.2, 0.25) is 0 Å². The van der Waals surface area contributed by atoms with Gasteiger partial charge in [0, 0.05) is 30.0 Å². The first-order valence-corrected chi connectivity index (χ1v) is 8.79. The lowest BCUT2D eigenvalue weighted by Gasteiger charge is -2.37. The van der Waals surface area contributed by atoms with Gasteiger partial charge in [0.25, 0.3) is 0 Å². The summed E-state index contributed by atoms with van der Waals surface area (Å²) in [6.07, 6.45) is 3.79. The van der Waals surface area contributed by atoms with E-state index in [2.05, 4.69) is 0 Å². The van der Waals surface area contributed by atoms with E-state index in [4.69, 9.17) is 9.84 Å². The standard InChI is InChI=1S/C17H20FNO4S/c1-23-17(22)16(12-5-3-4-6-13(12)18)19-8-7-14(24-2)11(10-19)9-15(20)21/h3-6,9,14,16H,7-8,10H2,1-2H3,(H,20,21)/b11-9-/t14?,16-/m0/s1. The normalized spacial score (nSPS) is 21.5. The van der Waals surface area contributed by atoms with Crippen molar-refractivity contribution in [2.24, 2.45) is 0 Å². The molecule has 0 saturated carbocycles. The number of carbonyl (C=O) groups excluding carboxylic acids is 1. The topological polar surface area (TPSA) is 66.8 Å². The van der Waals surface area contributed by atoms with E-state index in [9.17, 15) is 14.0 Å². The Hall–Kier alpha value is -1.86. The highest BCUT2D eigenvalue weighted by Crippen LogP contribution is 2.33. The number of carboxylic acids is 1. The second-order valence-electron chi connectivity index (χ2n) is 5.49. The Morgan fingerprint density at radius 3 is 2.75 bits per heavy atom. The van der Waals surface area contributed by atoms with E-state index in [1.807, 2.05) is 6.26 Å². The van der Waals surface area contributed by atoms with Crippen molar-refractivity contribution < 1.29 is 23.8 Å². The Labute approximate surface area is 144 Å². The van der Waals surface area contributed by atoms with Gasteiger partial charge in [-0.05, 0) is 24.3 Å². The van der Waals surface area contributed by atoms with E-state index in [1.54, 1.807) is 34.9 Å². The molecule has 24 heavy (non-hydrogen) atoms. The zero-order chi connectivity index (χ0) is 17.7. The fourth-order valence-electron chi connectivity index (χ4n) is 2.95. The summed E-state index contributed by atoms with van der Waals surface area (Å²) in [5.74, 6) is -2.06. The number of aliphatic carboxylic acids is 1. The predicted molar refractivity (Wildman–Crippen MR) is 90.4 cm³/mol. The zero-order valence-corrected chi connectivity index (χ0v) is 14.4. The van der Waals surface area contributed by atoms with E-state index in [0.29, 0.717) is 18.5 Å². The zero-order valence-electron chi connectivity index (χ0n) is 13.6. The third kappa shape index (κ3) is 4.15. The number of carboxylic acid groups (broad SMARTS) is 1. The summed E-state index contributed by atoms with van der Waals surface area (Å²) in [7, 11) is 1.26. The highest BCUT2D eigenvalue weighted by atomic mass is 32.2. The first-order chi connectivity index (χ1) is 11.5. The minimum absolute atomic E-state index is 0.0799. The molecular weight excluding hydrogens is 333 g/mol. The molecule has 1 aliphatic heterocycles. The van der Waals surface area contributed by atoms with Gasteiger partial charge in [-0.25, -0.2) is 14.0 Å². The van der Waals surface area contributed by atoms with Gasteiger partial charge >= 0.3 is 11.9 Å². The van der Waals surface area contributed by atoms with Crippen molar-refractivity contribution in [2.45, 2.75) is 17.7 Å². The number of methoxy groups -OCH3 is 1. The second kappa shape index (κ2) is 8.30. The Morgan fingerprint density at radius 2 is 2.17 bits per heavy atom. The van der Waals surface area contributed by atoms with Crippen LogP contribution in [-0.2, 0) is 14.3 Å². The molecule has 2 atom stereocenters. The molecule has 1 N–H and O–H groups in total. The molecule has 1 aromatic carbocycles. The van der Waals surface area contributed by atoms with Crippen LogP contribution in [-0.4, -0.2) is 53.7 Å². The van der Waals surface area contributed by atoms with Crippen molar-refractivity contribution >= 4 is 23.7 Å². The lowest BCUT2D eigenvalue weighted by molar-refractivity contribution is -0.147. The number of halogens is 1. The molecule has 7 heteroatoms. The number of carbonyl (C=O) groups is 2. The van der Waals surface area contributed by atoms with Crippen molar-refractivity contribution in [2.75, 3.05) is 26.5 Å². The van der Waals surface area contributed by atoms with Crippen molar-refractivity contribution in [3.63, 3.8) is 0 Å². The Bertz CT molecular complexity index is 649. The molecule has 5 nitrogen and oxygen atoms in total. The minimum atomic E-state index is -1.02. The second-order valence-corrected chi connectivity index (χ2v) is 6.53. The molecule has 1 saturated heterocycles. The third-order valence-corrected chi connectivity index (χ3v) is 5.17. The maximum Gasteiger partial charge on any atom is 0.328 e. The molecule has 0 spiro atoms. The van der Waals surface area contributed by atoms with E-state index < -0.39 is 23.8 Å². The number of piperidine rings is 1. The molecule has 1 fully saturated rings. The molecule has 1 aliphatic rings. The van der Waals surface area contributed by atoms with Crippen molar-refractivity contribution in [3.8, 4) is 0 Å². The quantitative estimate of drug-likeness (QED) is 0.648. The molecule has 130 valence electrons. The van der Waals surface area contributed by atoms with Crippen molar-refractivity contribution in [1.82, 2.24) is 4.90 Å². The molecular formula is C17H20FNO4S. The number of ether oxygens (including phenoxy) is 1. The molecule has 1 unspecified atom stereocenters. The van der Waals surface area contributed by atoms with Crippen LogP contribution >= 0.6 is 11.8 Å². The van der Waals surface area contributed by atoms with E-state index >= 15 is 0 Å². The average molecular weight is 353 g/mol. The van der Waals surface area contributed by atoms with Gasteiger partial charge in [-0.2, -0.15) is 11.8 Å². The summed E-state index contributed by atoms with van der Waals surface area (Å²) in [4.78, 5) is 25.1. The smallest absolute Gasteiger partial charge is 0.328 e. The van der Waals surface area contributed by atoms with Crippen LogP contribution in [0.4, 0.5) is 4.39 Å². The average Bonchev–Trinajstić information content (AvgIpc) is 2.56. The number of rotatable bonds is 5. The highest BCUT2D eigenvalue weighted by molar-refractivity contribution is 7.99.